The zero-order valence-corrected chi connectivity index (χ0v) is 16.7. The molecule has 1 aliphatic heterocycles. The van der Waals surface area contributed by atoms with Crippen molar-refractivity contribution < 1.29 is 13.6 Å². The second kappa shape index (κ2) is 7.81. The summed E-state index contributed by atoms with van der Waals surface area (Å²) < 4.78 is 27.0. The van der Waals surface area contributed by atoms with Crippen LogP contribution < -0.4 is 15.1 Å². The third-order valence-electron chi connectivity index (χ3n) is 5.10. The number of halogens is 3. The summed E-state index contributed by atoms with van der Waals surface area (Å²) in [5.41, 5.74) is 1.25. The van der Waals surface area contributed by atoms with E-state index in [1.165, 1.54) is 12.1 Å². The van der Waals surface area contributed by atoms with E-state index in [4.69, 9.17) is 26.4 Å². The van der Waals surface area contributed by atoms with E-state index in [-0.39, 0.29) is 5.75 Å². The lowest BCUT2D eigenvalue weighted by molar-refractivity contribution is -0.0650. The van der Waals surface area contributed by atoms with E-state index in [0.29, 0.717) is 48.4 Å². The standard InChI is InChI=1S/C20H19ClF2N6O/c21-18-17-15(5-6-24-18)26-19(25-13-2-3-13)20(27-17)28-7-9-29(10-8-28)30-16-4-1-12(22)11-14(16)23/h1,4-6,11,13H,2-3,7-10H2,(H,25,26). The van der Waals surface area contributed by atoms with Crippen LogP contribution in [0.1, 0.15) is 12.8 Å². The number of fused-ring (bicyclic) bond motifs is 1. The summed E-state index contributed by atoms with van der Waals surface area (Å²) in [7, 11) is 0. The van der Waals surface area contributed by atoms with E-state index in [9.17, 15) is 8.78 Å². The van der Waals surface area contributed by atoms with Gasteiger partial charge in [0.15, 0.2) is 28.4 Å². The lowest BCUT2D eigenvalue weighted by atomic mass is 10.3. The Morgan fingerprint density at radius 1 is 1.07 bits per heavy atom. The average Bonchev–Trinajstić information content (AvgIpc) is 3.55. The summed E-state index contributed by atoms with van der Waals surface area (Å²) >= 11 is 6.23. The highest BCUT2D eigenvalue weighted by atomic mass is 35.5. The minimum atomic E-state index is -0.726. The Kier molecular flexibility index (Phi) is 5.00. The SMILES string of the molecule is Fc1ccc(ON2CCN(c3nc4c(Cl)nccc4nc3NC3CC3)CC2)c(F)c1. The fourth-order valence-corrected chi connectivity index (χ4v) is 3.56. The number of anilines is 2. The Bertz CT molecular complexity index is 1090. The Balaban J connectivity index is 1.35. The molecule has 0 amide bonds. The van der Waals surface area contributed by atoms with Crippen molar-refractivity contribution >= 4 is 34.3 Å². The van der Waals surface area contributed by atoms with E-state index in [1.807, 2.05) is 0 Å². The van der Waals surface area contributed by atoms with Crippen LogP contribution >= 0.6 is 11.6 Å². The van der Waals surface area contributed by atoms with Gasteiger partial charge in [-0.2, -0.15) is 0 Å². The molecule has 3 heterocycles. The molecule has 2 aromatic heterocycles. The van der Waals surface area contributed by atoms with Gasteiger partial charge in [-0.1, -0.05) is 11.6 Å². The molecule has 1 aromatic carbocycles. The predicted octanol–water partition coefficient (Wildman–Crippen LogP) is 3.65. The Morgan fingerprint density at radius 2 is 1.87 bits per heavy atom. The van der Waals surface area contributed by atoms with Crippen LogP contribution in [0.25, 0.3) is 11.0 Å². The van der Waals surface area contributed by atoms with Crippen molar-refractivity contribution in [1.29, 1.82) is 0 Å². The summed E-state index contributed by atoms with van der Waals surface area (Å²) in [5, 5.41) is 5.42. The summed E-state index contributed by atoms with van der Waals surface area (Å²) in [6.45, 7) is 2.22. The maximum absolute atomic E-state index is 13.9. The molecular formula is C20H19ClF2N6O. The third-order valence-corrected chi connectivity index (χ3v) is 5.37. The second-order valence-electron chi connectivity index (χ2n) is 7.37. The molecule has 0 spiro atoms. The number of benzene rings is 1. The van der Waals surface area contributed by atoms with Gasteiger partial charge in [-0.25, -0.2) is 23.7 Å². The van der Waals surface area contributed by atoms with Crippen molar-refractivity contribution in [2.24, 2.45) is 0 Å². The van der Waals surface area contributed by atoms with Gasteiger partial charge in [-0.15, -0.1) is 5.06 Å². The number of pyridine rings is 1. The van der Waals surface area contributed by atoms with Gasteiger partial charge in [0.25, 0.3) is 0 Å². The predicted molar refractivity (Wildman–Crippen MR) is 110 cm³/mol. The van der Waals surface area contributed by atoms with Crippen molar-refractivity contribution in [2.45, 2.75) is 18.9 Å². The third kappa shape index (κ3) is 3.95. The highest BCUT2D eigenvalue weighted by molar-refractivity contribution is 6.33. The minimum Gasteiger partial charge on any atom is -0.403 e. The Morgan fingerprint density at radius 3 is 2.60 bits per heavy atom. The van der Waals surface area contributed by atoms with Gasteiger partial charge in [0.1, 0.15) is 11.3 Å². The number of hydroxylamine groups is 2. The molecule has 1 N–H and O–H groups in total. The van der Waals surface area contributed by atoms with E-state index in [1.54, 1.807) is 17.3 Å². The zero-order chi connectivity index (χ0) is 20.7. The van der Waals surface area contributed by atoms with Gasteiger partial charge in [-0.3, -0.25) is 0 Å². The number of nitrogens with one attached hydrogen (secondary N) is 1. The smallest absolute Gasteiger partial charge is 0.183 e. The maximum Gasteiger partial charge on any atom is 0.183 e. The lowest BCUT2D eigenvalue weighted by Crippen LogP contribution is -2.48. The molecule has 1 saturated carbocycles. The monoisotopic (exact) mass is 432 g/mol. The van der Waals surface area contributed by atoms with Crippen LogP contribution in [0.15, 0.2) is 30.5 Å². The highest BCUT2D eigenvalue weighted by Gasteiger charge is 2.28. The number of hydrogen-bond donors (Lipinski definition) is 1. The van der Waals surface area contributed by atoms with Gasteiger partial charge in [-0.05, 0) is 31.0 Å². The quantitative estimate of drug-likeness (QED) is 0.617. The molecule has 2 aliphatic rings. The van der Waals surface area contributed by atoms with Crippen LogP contribution in [0.4, 0.5) is 20.4 Å². The number of piperazine rings is 1. The number of rotatable bonds is 5. The van der Waals surface area contributed by atoms with Crippen LogP contribution in [0.3, 0.4) is 0 Å². The first-order valence-electron chi connectivity index (χ1n) is 9.78. The first kappa shape index (κ1) is 19.2. The van der Waals surface area contributed by atoms with Gasteiger partial charge in [0, 0.05) is 31.4 Å². The molecule has 1 aliphatic carbocycles. The summed E-state index contributed by atoms with van der Waals surface area (Å²) in [5.74, 6) is 0.0895. The van der Waals surface area contributed by atoms with Gasteiger partial charge in [0.2, 0.25) is 0 Å². The molecule has 1 saturated heterocycles. The lowest BCUT2D eigenvalue weighted by Gasteiger charge is -2.35. The van der Waals surface area contributed by atoms with Crippen LogP contribution in [0.2, 0.25) is 5.15 Å². The topological polar surface area (TPSA) is 66.4 Å². The van der Waals surface area contributed by atoms with E-state index < -0.39 is 11.6 Å². The molecule has 5 rings (SSSR count). The largest absolute Gasteiger partial charge is 0.403 e. The second-order valence-corrected chi connectivity index (χ2v) is 7.72. The molecule has 156 valence electrons. The van der Waals surface area contributed by atoms with E-state index >= 15 is 0 Å². The maximum atomic E-state index is 13.9. The van der Waals surface area contributed by atoms with Crippen molar-refractivity contribution in [3.05, 3.63) is 47.2 Å². The van der Waals surface area contributed by atoms with Gasteiger partial charge >= 0.3 is 0 Å². The fraction of sp³-hybridized carbons (Fsp3) is 0.350. The van der Waals surface area contributed by atoms with Crippen molar-refractivity contribution in [3.63, 3.8) is 0 Å². The summed E-state index contributed by atoms with van der Waals surface area (Å²) in [6, 6.07) is 5.48. The van der Waals surface area contributed by atoms with Crippen molar-refractivity contribution in [1.82, 2.24) is 20.0 Å². The fourth-order valence-electron chi connectivity index (χ4n) is 3.36. The number of nitrogens with zero attached hydrogens (tertiary/aromatic N) is 5. The molecule has 0 unspecified atom stereocenters. The molecule has 2 fully saturated rings. The normalized spacial score (nSPS) is 17.4. The molecule has 30 heavy (non-hydrogen) atoms. The first-order valence-corrected chi connectivity index (χ1v) is 10.2. The summed E-state index contributed by atoms with van der Waals surface area (Å²) in [4.78, 5) is 21.3. The van der Waals surface area contributed by atoms with E-state index in [2.05, 4.69) is 15.2 Å². The van der Waals surface area contributed by atoms with E-state index in [0.717, 1.165) is 30.5 Å². The highest BCUT2D eigenvalue weighted by Crippen LogP contribution is 2.32. The molecule has 3 aromatic rings. The van der Waals surface area contributed by atoms with Crippen molar-refractivity contribution in [2.75, 3.05) is 36.4 Å². The summed E-state index contributed by atoms with van der Waals surface area (Å²) in [6.07, 6.45) is 3.84. The average molecular weight is 433 g/mol. The minimum absolute atomic E-state index is 0.00397. The molecular weight excluding hydrogens is 414 g/mol. The Hall–Kier alpha value is -2.78. The molecule has 0 bridgehead atoms. The van der Waals surface area contributed by atoms with Gasteiger partial charge < -0.3 is 15.1 Å². The zero-order valence-electron chi connectivity index (χ0n) is 16.0. The van der Waals surface area contributed by atoms with Gasteiger partial charge in [0.05, 0.1) is 18.6 Å². The van der Waals surface area contributed by atoms with Crippen molar-refractivity contribution in [3.8, 4) is 5.75 Å². The number of hydrogen-bond acceptors (Lipinski definition) is 7. The van der Waals surface area contributed by atoms with Crippen LogP contribution in [-0.2, 0) is 0 Å². The number of aromatic nitrogens is 3. The van der Waals surface area contributed by atoms with Crippen LogP contribution in [0.5, 0.6) is 5.75 Å². The molecule has 7 nitrogen and oxygen atoms in total. The molecule has 0 radical (unpaired) electrons. The molecule has 0 atom stereocenters. The van der Waals surface area contributed by atoms with Crippen LogP contribution in [-0.4, -0.2) is 52.2 Å². The molecule has 10 heteroatoms. The first-order chi connectivity index (χ1) is 14.6. The Labute approximate surface area is 176 Å². The van der Waals surface area contributed by atoms with Crippen LogP contribution in [0, 0.1) is 11.6 Å².